The van der Waals surface area contributed by atoms with E-state index in [1.807, 2.05) is 0 Å². The van der Waals surface area contributed by atoms with Crippen molar-refractivity contribution in [2.75, 3.05) is 20.0 Å². The molecule has 0 fully saturated rings. The molecular formula is C8H10ClNO2. The first-order valence-electron chi connectivity index (χ1n) is 3.36. The molecule has 1 aromatic carbocycles. The summed E-state index contributed by atoms with van der Waals surface area (Å²) in [4.78, 5) is 0. The van der Waals surface area contributed by atoms with Gasteiger partial charge in [0.2, 0.25) is 0 Å². The van der Waals surface area contributed by atoms with E-state index >= 15 is 0 Å². The van der Waals surface area contributed by atoms with Crippen molar-refractivity contribution >= 4 is 17.3 Å². The zero-order valence-corrected chi connectivity index (χ0v) is 7.68. The molecule has 0 saturated carbocycles. The van der Waals surface area contributed by atoms with Crippen LogP contribution in [0.2, 0.25) is 5.02 Å². The third-order valence-corrected chi connectivity index (χ3v) is 1.80. The molecule has 0 aliphatic heterocycles. The minimum Gasteiger partial charge on any atom is -0.491 e. The Bertz CT molecular complexity index is 260. The summed E-state index contributed by atoms with van der Waals surface area (Å²) >= 11 is 5.82. The van der Waals surface area contributed by atoms with Crippen LogP contribution in [0.4, 0.5) is 5.69 Å². The van der Waals surface area contributed by atoms with Crippen LogP contribution in [-0.2, 0) is 0 Å². The highest BCUT2D eigenvalue weighted by Crippen LogP contribution is 2.38. The van der Waals surface area contributed by atoms with Crippen LogP contribution in [0.5, 0.6) is 11.5 Å². The largest absolute Gasteiger partial charge is 0.491 e. The first kappa shape index (κ1) is 9.00. The molecule has 66 valence electrons. The Balaban J connectivity index is 3.28. The second-order valence-electron chi connectivity index (χ2n) is 2.20. The number of benzene rings is 1. The first-order chi connectivity index (χ1) is 5.70. The summed E-state index contributed by atoms with van der Waals surface area (Å²) in [7, 11) is 3.04. The lowest BCUT2D eigenvalue weighted by Crippen LogP contribution is -1.96. The van der Waals surface area contributed by atoms with Gasteiger partial charge in [-0.2, -0.15) is 0 Å². The molecule has 0 aliphatic rings. The maximum absolute atomic E-state index is 5.82. The highest BCUT2D eigenvalue weighted by molar-refractivity contribution is 6.32. The molecule has 0 amide bonds. The third kappa shape index (κ3) is 1.41. The number of ether oxygens (including phenoxy) is 2. The second kappa shape index (κ2) is 3.54. The standard InChI is InChI=1S/C8H10ClNO2/c1-11-7-5(9)3-4-6(10)8(7)12-2/h3-4H,10H2,1-2H3. The molecule has 0 atom stereocenters. The summed E-state index contributed by atoms with van der Waals surface area (Å²) in [6.45, 7) is 0. The van der Waals surface area contributed by atoms with Gasteiger partial charge in [-0.15, -0.1) is 0 Å². The molecular weight excluding hydrogens is 178 g/mol. The van der Waals surface area contributed by atoms with E-state index in [1.165, 1.54) is 14.2 Å². The summed E-state index contributed by atoms with van der Waals surface area (Å²) in [5.41, 5.74) is 6.13. The van der Waals surface area contributed by atoms with Gasteiger partial charge >= 0.3 is 0 Å². The Hall–Kier alpha value is -1.09. The highest BCUT2D eigenvalue weighted by Gasteiger charge is 2.10. The predicted molar refractivity (Wildman–Crippen MR) is 49.0 cm³/mol. The van der Waals surface area contributed by atoms with Crippen molar-refractivity contribution in [3.8, 4) is 11.5 Å². The maximum Gasteiger partial charge on any atom is 0.185 e. The fraction of sp³-hybridized carbons (Fsp3) is 0.250. The Morgan fingerprint density at radius 1 is 1.17 bits per heavy atom. The maximum atomic E-state index is 5.82. The van der Waals surface area contributed by atoms with Crippen molar-refractivity contribution in [1.29, 1.82) is 0 Å². The van der Waals surface area contributed by atoms with Crippen LogP contribution >= 0.6 is 11.6 Å². The lowest BCUT2D eigenvalue weighted by atomic mass is 10.3. The number of hydrogen-bond acceptors (Lipinski definition) is 3. The van der Waals surface area contributed by atoms with Gasteiger partial charge in [-0.25, -0.2) is 0 Å². The Morgan fingerprint density at radius 3 is 2.17 bits per heavy atom. The molecule has 1 aromatic rings. The van der Waals surface area contributed by atoms with Gasteiger partial charge in [-0.1, -0.05) is 11.6 Å². The fourth-order valence-electron chi connectivity index (χ4n) is 0.955. The van der Waals surface area contributed by atoms with Crippen molar-refractivity contribution in [3.63, 3.8) is 0 Å². The van der Waals surface area contributed by atoms with E-state index in [0.717, 1.165) is 0 Å². The van der Waals surface area contributed by atoms with Crippen molar-refractivity contribution < 1.29 is 9.47 Å². The van der Waals surface area contributed by atoms with Crippen LogP contribution < -0.4 is 15.2 Å². The van der Waals surface area contributed by atoms with Gasteiger partial charge in [-0.05, 0) is 12.1 Å². The lowest BCUT2D eigenvalue weighted by Gasteiger charge is -2.10. The van der Waals surface area contributed by atoms with Crippen molar-refractivity contribution in [1.82, 2.24) is 0 Å². The van der Waals surface area contributed by atoms with Crippen LogP contribution in [0.1, 0.15) is 0 Å². The molecule has 2 N–H and O–H groups in total. The zero-order valence-electron chi connectivity index (χ0n) is 6.93. The minimum atomic E-state index is 0.471. The summed E-state index contributed by atoms with van der Waals surface area (Å²) in [6.07, 6.45) is 0. The van der Waals surface area contributed by atoms with E-state index in [9.17, 15) is 0 Å². The van der Waals surface area contributed by atoms with Gasteiger partial charge in [0, 0.05) is 0 Å². The first-order valence-corrected chi connectivity index (χ1v) is 3.74. The molecule has 0 spiro atoms. The number of halogens is 1. The van der Waals surface area contributed by atoms with Crippen molar-refractivity contribution in [3.05, 3.63) is 17.2 Å². The molecule has 0 unspecified atom stereocenters. The van der Waals surface area contributed by atoms with E-state index in [0.29, 0.717) is 22.2 Å². The Labute approximate surface area is 76.0 Å². The third-order valence-electron chi connectivity index (χ3n) is 1.50. The van der Waals surface area contributed by atoms with Gasteiger partial charge in [0.1, 0.15) is 0 Å². The average molecular weight is 188 g/mol. The molecule has 4 heteroatoms. The van der Waals surface area contributed by atoms with E-state index in [-0.39, 0.29) is 0 Å². The second-order valence-corrected chi connectivity index (χ2v) is 2.61. The zero-order chi connectivity index (χ0) is 9.14. The summed E-state index contributed by atoms with van der Waals surface area (Å²) in [6, 6.07) is 3.34. The quantitative estimate of drug-likeness (QED) is 0.720. The van der Waals surface area contributed by atoms with Crippen molar-refractivity contribution in [2.24, 2.45) is 0 Å². The van der Waals surface area contributed by atoms with Crippen LogP contribution in [-0.4, -0.2) is 14.2 Å². The number of rotatable bonds is 2. The molecule has 0 bridgehead atoms. The minimum absolute atomic E-state index is 0.471. The number of anilines is 1. The van der Waals surface area contributed by atoms with Gasteiger partial charge < -0.3 is 15.2 Å². The topological polar surface area (TPSA) is 44.5 Å². The van der Waals surface area contributed by atoms with Gasteiger partial charge in [0.15, 0.2) is 11.5 Å². The van der Waals surface area contributed by atoms with Crippen LogP contribution in [0.15, 0.2) is 12.1 Å². The SMILES string of the molecule is COc1c(N)ccc(Cl)c1OC. The van der Waals surface area contributed by atoms with Crippen LogP contribution in [0.25, 0.3) is 0 Å². The molecule has 1 rings (SSSR count). The van der Waals surface area contributed by atoms with Gasteiger partial charge in [0.05, 0.1) is 24.9 Å². The Morgan fingerprint density at radius 2 is 1.75 bits per heavy atom. The van der Waals surface area contributed by atoms with E-state index in [2.05, 4.69) is 0 Å². The molecule has 12 heavy (non-hydrogen) atoms. The summed E-state index contributed by atoms with van der Waals surface area (Å²) in [5, 5.41) is 0.489. The molecule has 0 radical (unpaired) electrons. The number of nitrogens with two attached hydrogens (primary N) is 1. The van der Waals surface area contributed by atoms with Crippen LogP contribution in [0.3, 0.4) is 0 Å². The molecule has 0 saturated heterocycles. The van der Waals surface area contributed by atoms with E-state index in [4.69, 9.17) is 26.8 Å². The summed E-state index contributed by atoms with van der Waals surface area (Å²) in [5.74, 6) is 0.948. The number of methoxy groups -OCH3 is 2. The average Bonchev–Trinajstić information content (AvgIpc) is 2.08. The smallest absolute Gasteiger partial charge is 0.185 e. The van der Waals surface area contributed by atoms with E-state index < -0.39 is 0 Å². The number of hydrogen-bond donors (Lipinski definition) is 1. The predicted octanol–water partition coefficient (Wildman–Crippen LogP) is 1.94. The monoisotopic (exact) mass is 187 g/mol. The molecule has 0 aromatic heterocycles. The van der Waals surface area contributed by atoms with Gasteiger partial charge in [-0.3, -0.25) is 0 Å². The van der Waals surface area contributed by atoms with E-state index in [1.54, 1.807) is 12.1 Å². The molecule has 0 heterocycles. The van der Waals surface area contributed by atoms with Gasteiger partial charge in [0.25, 0.3) is 0 Å². The molecule has 3 nitrogen and oxygen atoms in total. The summed E-state index contributed by atoms with van der Waals surface area (Å²) < 4.78 is 10.0. The highest BCUT2D eigenvalue weighted by atomic mass is 35.5. The van der Waals surface area contributed by atoms with Crippen molar-refractivity contribution in [2.45, 2.75) is 0 Å². The lowest BCUT2D eigenvalue weighted by molar-refractivity contribution is 0.357. The fourth-order valence-corrected chi connectivity index (χ4v) is 1.18. The molecule has 0 aliphatic carbocycles. The normalized spacial score (nSPS) is 9.58. The number of nitrogen functional groups attached to an aromatic ring is 1. The van der Waals surface area contributed by atoms with Crippen LogP contribution in [0, 0.1) is 0 Å². The Kier molecular flexibility index (Phi) is 2.65.